The van der Waals surface area contributed by atoms with Crippen LogP contribution in [0.15, 0.2) is 30.3 Å². The lowest BCUT2D eigenvalue weighted by Gasteiger charge is -2.41. The summed E-state index contributed by atoms with van der Waals surface area (Å²) in [5.41, 5.74) is 1.42. The number of hydrogen-bond donors (Lipinski definition) is 2. The first-order chi connectivity index (χ1) is 10.1. The maximum Gasteiger partial charge on any atom is 0.0695 e. The van der Waals surface area contributed by atoms with Gasteiger partial charge in [0.2, 0.25) is 0 Å². The van der Waals surface area contributed by atoms with Crippen molar-refractivity contribution in [2.75, 3.05) is 27.2 Å². The Morgan fingerprint density at radius 1 is 1.24 bits per heavy atom. The third-order valence-electron chi connectivity index (χ3n) is 4.90. The van der Waals surface area contributed by atoms with E-state index in [-0.39, 0.29) is 11.5 Å². The minimum absolute atomic E-state index is 0.0575. The minimum atomic E-state index is -0.168. The number of likely N-dealkylation sites (N-methyl/N-ethyl adjacent to an activating group) is 2. The number of aliphatic hydroxyl groups is 1. The largest absolute Gasteiger partial charge is 0.391 e. The Kier molecular flexibility index (Phi) is 5.80. The van der Waals surface area contributed by atoms with E-state index >= 15 is 0 Å². The van der Waals surface area contributed by atoms with Crippen molar-refractivity contribution in [2.45, 2.75) is 50.2 Å². The van der Waals surface area contributed by atoms with Gasteiger partial charge in [0.1, 0.15) is 0 Å². The van der Waals surface area contributed by atoms with Gasteiger partial charge in [-0.3, -0.25) is 4.90 Å². The summed E-state index contributed by atoms with van der Waals surface area (Å²) in [7, 11) is 4.17. The Morgan fingerprint density at radius 3 is 2.52 bits per heavy atom. The molecule has 0 bridgehead atoms. The van der Waals surface area contributed by atoms with Crippen molar-refractivity contribution in [2.24, 2.45) is 0 Å². The fourth-order valence-corrected chi connectivity index (χ4v) is 3.75. The second kappa shape index (κ2) is 7.39. The summed E-state index contributed by atoms with van der Waals surface area (Å²) in [6.45, 7) is 4.20. The van der Waals surface area contributed by atoms with Gasteiger partial charge in [-0.05, 0) is 32.5 Å². The zero-order chi connectivity index (χ0) is 15.3. The van der Waals surface area contributed by atoms with E-state index in [9.17, 15) is 5.11 Å². The first-order valence-electron chi connectivity index (χ1n) is 8.15. The van der Waals surface area contributed by atoms with Crippen LogP contribution < -0.4 is 5.32 Å². The highest BCUT2D eigenvalue weighted by molar-refractivity contribution is 5.25. The molecule has 1 aromatic carbocycles. The summed E-state index contributed by atoms with van der Waals surface area (Å²) in [4.78, 5) is 2.37. The zero-order valence-electron chi connectivity index (χ0n) is 13.7. The van der Waals surface area contributed by atoms with Gasteiger partial charge < -0.3 is 10.4 Å². The highest BCUT2D eigenvalue weighted by atomic mass is 16.3. The third-order valence-corrected chi connectivity index (χ3v) is 4.90. The standard InChI is InChI=1S/C18H30N2O/c1-18(13-19-2,15-9-5-4-6-10-15)14-20(3)16-11-7-8-12-17(16)21/h4-6,9-10,16-17,19,21H,7-8,11-14H2,1-3H3. The third kappa shape index (κ3) is 4.06. The summed E-state index contributed by atoms with van der Waals surface area (Å²) < 4.78 is 0. The van der Waals surface area contributed by atoms with Crippen LogP contribution in [-0.4, -0.2) is 49.3 Å². The van der Waals surface area contributed by atoms with E-state index in [0.29, 0.717) is 6.04 Å². The van der Waals surface area contributed by atoms with Gasteiger partial charge in [0.05, 0.1) is 6.10 Å². The molecule has 1 aliphatic carbocycles. The van der Waals surface area contributed by atoms with Gasteiger partial charge in [-0.25, -0.2) is 0 Å². The quantitative estimate of drug-likeness (QED) is 0.844. The maximum atomic E-state index is 10.3. The van der Waals surface area contributed by atoms with Crippen LogP contribution in [0.1, 0.15) is 38.2 Å². The molecule has 3 unspecified atom stereocenters. The summed E-state index contributed by atoms with van der Waals surface area (Å²) in [5, 5.41) is 13.6. The molecule has 1 aliphatic rings. The van der Waals surface area contributed by atoms with Gasteiger partial charge in [0, 0.05) is 24.5 Å². The molecule has 3 nitrogen and oxygen atoms in total. The summed E-state index contributed by atoms with van der Waals surface area (Å²) in [6.07, 6.45) is 4.29. The molecule has 0 aliphatic heterocycles. The molecule has 21 heavy (non-hydrogen) atoms. The first kappa shape index (κ1) is 16.5. The molecule has 118 valence electrons. The van der Waals surface area contributed by atoms with E-state index < -0.39 is 0 Å². The van der Waals surface area contributed by atoms with Gasteiger partial charge in [-0.15, -0.1) is 0 Å². The smallest absolute Gasteiger partial charge is 0.0695 e. The highest BCUT2D eigenvalue weighted by Crippen LogP contribution is 2.28. The molecular weight excluding hydrogens is 260 g/mol. The number of aliphatic hydroxyl groups excluding tert-OH is 1. The van der Waals surface area contributed by atoms with Crippen LogP contribution in [0.2, 0.25) is 0 Å². The molecule has 2 N–H and O–H groups in total. The lowest BCUT2D eigenvalue weighted by Crippen LogP contribution is -2.51. The van der Waals surface area contributed by atoms with Crippen molar-refractivity contribution >= 4 is 0 Å². The fraction of sp³-hybridized carbons (Fsp3) is 0.667. The molecule has 0 aromatic heterocycles. The van der Waals surface area contributed by atoms with Crippen molar-refractivity contribution < 1.29 is 5.11 Å². The summed E-state index contributed by atoms with van der Waals surface area (Å²) in [6, 6.07) is 11.0. The zero-order valence-corrected chi connectivity index (χ0v) is 13.7. The van der Waals surface area contributed by atoms with Gasteiger partial charge in [-0.1, -0.05) is 50.1 Å². The van der Waals surface area contributed by atoms with Crippen LogP contribution in [0.4, 0.5) is 0 Å². The van der Waals surface area contributed by atoms with Gasteiger partial charge in [0.25, 0.3) is 0 Å². The van der Waals surface area contributed by atoms with E-state index in [1.165, 1.54) is 12.0 Å². The molecule has 0 spiro atoms. The number of rotatable bonds is 6. The van der Waals surface area contributed by atoms with E-state index in [0.717, 1.165) is 32.4 Å². The van der Waals surface area contributed by atoms with Gasteiger partial charge in [-0.2, -0.15) is 0 Å². The Labute approximate surface area is 129 Å². The van der Waals surface area contributed by atoms with Crippen LogP contribution in [0.25, 0.3) is 0 Å². The number of nitrogens with one attached hydrogen (secondary N) is 1. The molecule has 2 rings (SSSR count). The molecule has 1 aromatic rings. The van der Waals surface area contributed by atoms with Crippen LogP contribution in [-0.2, 0) is 5.41 Å². The molecule has 0 radical (unpaired) electrons. The van der Waals surface area contributed by atoms with E-state index in [2.05, 4.69) is 54.5 Å². The van der Waals surface area contributed by atoms with E-state index in [1.807, 2.05) is 7.05 Å². The molecule has 0 amide bonds. The molecule has 1 fully saturated rings. The number of benzene rings is 1. The van der Waals surface area contributed by atoms with E-state index in [4.69, 9.17) is 0 Å². The van der Waals surface area contributed by atoms with E-state index in [1.54, 1.807) is 0 Å². The molecule has 3 heteroatoms. The number of nitrogens with zero attached hydrogens (tertiary/aromatic N) is 1. The normalized spacial score (nSPS) is 25.8. The Hall–Kier alpha value is -0.900. The average molecular weight is 290 g/mol. The SMILES string of the molecule is CNCC(C)(CN(C)C1CCCCC1O)c1ccccc1. The van der Waals surface area contributed by atoms with Crippen molar-refractivity contribution in [3.05, 3.63) is 35.9 Å². The molecule has 0 heterocycles. The van der Waals surface area contributed by atoms with Gasteiger partial charge in [0.15, 0.2) is 0 Å². The van der Waals surface area contributed by atoms with Gasteiger partial charge >= 0.3 is 0 Å². The molecule has 3 atom stereocenters. The van der Waals surface area contributed by atoms with Crippen LogP contribution in [0.3, 0.4) is 0 Å². The highest BCUT2D eigenvalue weighted by Gasteiger charge is 2.33. The number of hydrogen-bond acceptors (Lipinski definition) is 3. The summed E-state index contributed by atoms with van der Waals surface area (Å²) in [5.74, 6) is 0. The molecule has 1 saturated carbocycles. The average Bonchev–Trinajstić information content (AvgIpc) is 2.48. The second-order valence-electron chi connectivity index (χ2n) is 6.79. The van der Waals surface area contributed by atoms with Crippen LogP contribution in [0.5, 0.6) is 0 Å². The minimum Gasteiger partial charge on any atom is -0.391 e. The fourth-order valence-electron chi connectivity index (χ4n) is 3.75. The van der Waals surface area contributed by atoms with Crippen LogP contribution >= 0.6 is 0 Å². The molecular formula is C18H30N2O. The first-order valence-corrected chi connectivity index (χ1v) is 8.15. The monoisotopic (exact) mass is 290 g/mol. The lowest BCUT2D eigenvalue weighted by atomic mass is 9.80. The maximum absolute atomic E-state index is 10.3. The summed E-state index contributed by atoms with van der Waals surface area (Å²) >= 11 is 0. The van der Waals surface area contributed by atoms with Crippen molar-refractivity contribution in [3.63, 3.8) is 0 Å². The Morgan fingerprint density at radius 2 is 1.90 bits per heavy atom. The van der Waals surface area contributed by atoms with Crippen molar-refractivity contribution in [3.8, 4) is 0 Å². The predicted octanol–water partition coefficient (Wildman–Crippen LogP) is 2.40. The van der Waals surface area contributed by atoms with Crippen molar-refractivity contribution in [1.29, 1.82) is 0 Å². The topological polar surface area (TPSA) is 35.5 Å². The predicted molar refractivity (Wildman–Crippen MR) is 88.6 cm³/mol. The lowest BCUT2D eigenvalue weighted by molar-refractivity contribution is 0.0235. The van der Waals surface area contributed by atoms with Crippen molar-refractivity contribution in [1.82, 2.24) is 10.2 Å². The Bertz CT molecular complexity index is 422. The Balaban J connectivity index is 2.12. The molecule has 0 saturated heterocycles. The second-order valence-corrected chi connectivity index (χ2v) is 6.79. The van der Waals surface area contributed by atoms with Crippen LogP contribution in [0, 0.1) is 0 Å².